The average molecular weight is 347 g/mol. The highest BCUT2D eigenvalue weighted by Gasteiger charge is 2.23. The van der Waals surface area contributed by atoms with Gasteiger partial charge in [-0.15, -0.1) is 0 Å². The number of amides is 1. The van der Waals surface area contributed by atoms with E-state index in [0.29, 0.717) is 17.6 Å². The maximum Gasteiger partial charge on any atom is 0.272 e. The molecule has 1 fully saturated rings. The van der Waals surface area contributed by atoms with Gasteiger partial charge in [0, 0.05) is 30.9 Å². The second-order valence-corrected chi connectivity index (χ2v) is 6.77. The van der Waals surface area contributed by atoms with E-state index in [-0.39, 0.29) is 5.91 Å². The number of piperidine rings is 1. The summed E-state index contributed by atoms with van der Waals surface area (Å²) in [5, 5.41) is 4.23. The van der Waals surface area contributed by atoms with Crippen LogP contribution in [0.4, 0.5) is 11.6 Å². The predicted molar refractivity (Wildman–Crippen MR) is 101 cm³/mol. The molecule has 0 bridgehead atoms. The summed E-state index contributed by atoms with van der Waals surface area (Å²) in [6.07, 6.45) is 5.60. The third-order valence-corrected chi connectivity index (χ3v) is 4.70. The lowest BCUT2D eigenvalue weighted by molar-refractivity contribution is 0.0677. The third kappa shape index (κ3) is 3.35. The molecule has 1 aliphatic heterocycles. The van der Waals surface area contributed by atoms with Crippen molar-refractivity contribution < 1.29 is 4.79 Å². The number of nitrogens with zero attached hydrogens (tertiary/aromatic N) is 4. The Hall–Kier alpha value is -3.02. The molecule has 1 N–H and O–H groups in total. The number of hydrogen-bond acceptors (Lipinski definition) is 5. The van der Waals surface area contributed by atoms with Crippen molar-refractivity contribution in [2.24, 2.45) is 5.92 Å². The van der Waals surface area contributed by atoms with Crippen LogP contribution in [0.5, 0.6) is 0 Å². The van der Waals surface area contributed by atoms with Crippen molar-refractivity contribution in [1.29, 1.82) is 0 Å². The van der Waals surface area contributed by atoms with Crippen LogP contribution >= 0.6 is 0 Å². The van der Waals surface area contributed by atoms with Gasteiger partial charge >= 0.3 is 0 Å². The van der Waals surface area contributed by atoms with Gasteiger partial charge in [0.05, 0.1) is 11.2 Å². The fourth-order valence-corrected chi connectivity index (χ4v) is 3.40. The maximum absolute atomic E-state index is 12.8. The lowest BCUT2D eigenvalue weighted by Crippen LogP contribution is -2.39. The topological polar surface area (TPSA) is 71.0 Å². The van der Waals surface area contributed by atoms with Gasteiger partial charge in [-0.3, -0.25) is 9.78 Å². The van der Waals surface area contributed by atoms with Crippen LogP contribution in [0.15, 0.2) is 48.8 Å². The van der Waals surface area contributed by atoms with Crippen LogP contribution in [0.1, 0.15) is 30.3 Å². The summed E-state index contributed by atoms with van der Waals surface area (Å²) < 4.78 is 0. The van der Waals surface area contributed by atoms with Gasteiger partial charge in [0.1, 0.15) is 5.69 Å². The average Bonchev–Trinajstić information content (AvgIpc) is 2.68. The van der Waals surface area contributed by atoms with Gasteiger partial charge in [-0.2, -0.15) is 0 Å². The number of nitrogens with one attached hydrogen (secondary N) is 1. The summed E-state index contributed by atoms with van der Waals surface area (Å²) in [6, 6.07) is 11.5. The number of carbonyl (C=O) groups is 1. The molecule has 6 nitrogen and oxygen atoms in total. The van der Waals surface area contributed by atoms with Gasteiger partial charge in [-0.1, -0.05) is 25.1 Å². The number of likely N-dealkylation sites (tertiary alicyclic amines) is 1. The molecule has 3 heterocycles. The van der Waals surface area contributed by atoms with Crippen LogP contribution < -0.4 is 5.32 Å². The molecule has 6 heteroatoms. The van der Waals surface area contributed by atoms with E-state index in [1.54, 1.807) is 18.5 Å². The summed E-state index contributed by atoms with van der Waals surface area (Å²) in [5.41, 5.74) is 2.09. The van der Waals surface area contributed by atoms with Crippen LogP contribution in [0, 0.1) is 5.92 Å². The Morgan fingerprint density at radius 2 is 2.04 bits per heavy atom. The van der Waals surface area contributed by atoms with Crippen molar-refractivity contribution in [3.8, 4) is 0 Å². The highest BCUT2D eigenvalue weighted by atomic mass is 16.2. The zero-order valence-electron chi connectivity index (χ0n) is 14.7. The first-order valence-electron chi connectivity index (χ1n) is 8.94. The molecule has 1 atom stereocenters. The molecule has 2 aromatic heterocycles. The first-order chi connectivity index (χ1) is 12.7. The zero-order valence-corrected chi connectivity index (χ0v) is 14.7. The molecule has 1 aromatic carbocycles. The predicted octanol–water partition coefficient (Wildman–Crippen LogP) is 3.64. The second kappa shape index (κ2) is 7.07. The van der Waals surface area contributed by atoms with Crippen molar-refractivity contribution in [2.45, 2.75) is 19.8 Å². The minimum atomic E-state index is -0.0296. The van der Waals surface area contributed by atoms with Gasteiger partial charge < -0.3 is 10.2 Å². The van der Waals surface area contributed by atoms with Crippen molar-refractivity contribution in [2.75, 3.05) is 18.4 Å². The van der Waals surface area contributed by atoms with Gasteiger partial charge in [0.25, 0.3) is 5.91 Å². The fourth-order valence-electron chi connectivity index (χ4n) is 3.40. The van der Waals surface area contributed by atoms with Crippen molar-refractivity contribution in [1.82, 2.24) is 19.9 Å². The lowest BCUT2D eigenvalue weighted by Gasteiger charge is -2.30. The lowest BCUT2D eigenvalue weighted by atomic mass is 10.00. The number of carbonyl (C=O) groups excluding carboxylic acids is 1. The van der Waals surface area contributed by atoms with Crippen LogP contribution in [-0.4, -0.2) is 38.8 Å². The van der Waals surface area contributed by atoms with E-state index in [9.17, 15) is 4.79 Å². The summed E-state index contributed by atoms with van der Waals surface area (Å²) in [6.45, 7) is 3.77. The minimum absolute atomic E-state index is 0.0296. The summed E-state index contributed by atoms with van der Waals surface area (Å²) >= 11 is 0. The Balaban J connectivity index is 1.58. The monoisotopic (exact) mass is 347 g/mol. The first kappa shape index (κ1) is 16.4. The molecule has 1 aliphatic rings. The molecule has 0 radical (unpaired) electrons. The molecule has 0 aliphatic carbocycles. The van der Waals surface area contributed by atoms with Crippen LogP contribution in [-0.2, 0) is 0 Å². The Morgan fingerprint density at radius 3 is 2.92 bits per heavy atom. The smallest absolute Gasteiger partial charge is 0.272 e. The van der Waals surface area contributed by atoms with E-state index in [1.165, 1.54) is 6.42 Å². The second-order valence-electron chi connectivity index (χ2n) is 6.77. The van der Waals surface area contributed by atoms with E-state index in [4.69, 9.17) is 0 Å². The summed E-state index contributed by atoms with van der Waals surface area (Å²) in [5.74, 6) is 0.908. The number of fused-ring (bicyclic) bond motifs is 1. The number of anilines is 2. The zero-order chi connectivity index (χ0) is 17.9. The number of aromatic nitrogens is 3. The number of benzene rings is 1. The Kier molecular flexibility index (Phi) is 4.48. The van der Waals surface area contributed by atoms with E-state index in [1.807, 2.05) is 35.2 Å². The number of para-hydroxylation sites is 1. The summed E-state index contributed by atoms with van der Waals surface area (Å²) in [4.78, 5) is 27.8. The van der Waals surface area contributed by atoms with Gasteiger partial charge in [0.15, 0.2) is 0 Å². The van der Waals surface area contributed by atoms with E-state index in [0.717, 1.165) is 36.1 Å². The third-order valence-electron chi connectivity index (χ3n) is 4.70. The molecule has 132 valence electrons. The fraction of sp³-hybridized carbons (Fsp3) is 0.300. The molecule has 1 unspecified atom stereocenters. The molecule has 0 saturated carbocycles. The Labute approximate surface area is 152 Å². The van der Waals surface area contributed by atoms with Gasteiger partial charge in [-0.05, 0) is 37.0 Å². The van der Waals surface area contributed by atoms with Crippen molar-refractivity contribution in [3.05, 3.63) is 54.5 Å². The minimum Gasteiger partial charge on any atom is -0.337 e. The van der Waals surface area contributed by atoms with Crippen molar-refractivity contribution in [3.63, 3.8) is 0 Å². The molecule has 1 amide bonds. The standard InChI is InChI=1S/C20H21N5O/c1-14-5-4-12-25(13-14)19(26)17-9-11-22-20(24-17)23-16-8-2-6-15-7-3-10-21-18(15)16/h2-3,6-11,14H,4-5,12-13H2,1H3,(H,22,23,24). The largest absolute Gasteiger partial charge is 0.337 e. The van der Waals surface area contributed by atoms with Gasteiger partial charge in [0.2, 0.25) is 5.95 Å². The molecular weight excluding hydrogens is 326 g/mol. The summed E-state index contributed by atoms with van der Waals surface area (Å²) in [7, 11) is 0. The number of hydrogen-bond donors (Lipinski definition) is 1. The number of pyridine rings is 1. The van der Waals surface area contributed by atoms with E-state index >= 15 is 0 Å². The van der Waals surface area contributed by atoms with E-state index in [2.05, 4.69) is 27.2 Å². The Morgan fingerprint density at radius 1 is 1.15 bits per heavy atom. The quantitative estimate of drug-likeness (QED) is 0.783. The van der Waals surface area contributed by atoms with Gasteiger partial charge in [-0.25, -0.2) is 9.97 Å². The van der Waals surface area contributed by atoms with Crippen LogP contribution in [0.2, 0.25) is 0 Å². The molecule has 0 spiro atoms. The van der Waals surface area contributed by atoms with E-state index < -0.39 is 0 Å². The molecule has 4 rings (SSSR count). The highest BCUT2D eigenvalue weighted by molar-refractivity contribution is 5.93. The molecule has 26 heavy (non-hydrogen) atoms. The van der Waals surface area contributed by atoms with Crippen molar-refractivity contribution >= 4 is 28.4 Å². The highest BCUT2D eigenvalue weighted by Crippen LogP contribution is 2.23. The SMILES string of the molecule is CC1CCCN(C(=O)c2ccnc(Nc3cccc4cccnc34)n2)C1. The normalized spacial score (nSPS) is 17.3. The molecular formula is C20H21N5O. The van der Waals surface area contributed by atoms with Crippen LogP contribution in [0.25, 0.3) is 10.9 Å². The van der Waals surface area contributed by atoms with Crippen LogP contribution in [0.3, 0.4) is 0 Å². The Bertz CT molecular complexity index is 937. The first-order valence-corrected chi connectivity index (χ1v) is 8.94. The number of rotatable bonds is 3. The molecule has 1 saturated heterocycles. The maximum atomic E-state index is 12.8. The molecule has 3 aromatic rings.